The van der Waals surface area contributed by atoms with Crippen LogP contribution in [0.25, 0.3) is 0 Å². The van der Waals surface area contributed by atoms with E-state index >= 15 is 0 Å². The van der Waals surface area contributed by atoms with Crippen LogP contribution in [0.3, 0.4) is 0 Å². The summed E-state index contributed by atoms with van der Waals surface area (Å²) in [6, 6.07) is 6.97. The quantitative estimate of drug-likeness (QED) is 0.798. The molecule has 6 nitrogen and oxygen atoms in total. The zero-order chi connectivity index (χ0) is 16.0. The van der Waals surface area contributed by atoms with E-state index in [-0.39, 0.29) is 12.0 Å². The average Bonchev–Trinajstić information content (AvgIpc) is 2.43. The molecule has 0 unspecified atom stereocenters. The molecule has 0 aromatic heterocycles. The molecule has 0 atom stereocenters. The van der Waals surface area contributed by atoms with Gasteiger partial charge in [-0.25, -0.2) is 4.79 Å². The Labute approximate surface area is 123 Å². The van der Waals surface area contributed by atoms with Gasteiger partial charge in [-0.15, -0.1) is 0 Å². The van der Waals surface area contributed by atoms with E-state index in [0.29, 0.717) is 5.56 Å². The highest BCUT2D eigenvalue weighted by molar-refractivity contribution is 5.98. The lowest BCUT2D eigenvalue weighted by molar-refractivity contribution is -0.131. The van der Waals surface area contributed by atoms with Crippen molar-refractivity contribution in [1.82, 2.24) is 5.32 Å². The highest BCUT2D eigenvalue weighted by Crippen LogP contribution is 2.22. The molecular formula is C15H20N2O4. The minimum Gasteiger partial charge on any atom is -0.452 e. The molecule has 0 aliphatic heterocycles. The van der Waals surface area contributed by atoms with Gasteiger partial charge in [-0.1, -0.05) is 32.9 Å². The number of benzene rings is 1. The molecular weight excluding hydrogens is 272 g/mol. The maximum absolute atomic E-state index is 11.8. The molecule has 2 amide bonds. The van der Waals surface area contributed by atoms with Gasteiger partial charge in [0.1, 0.15) is 0 Å². The van der Waals surface area contributed by atoms with Gasteiger partial charge in [0.25, 0.3) is 5.91 Å². The predicted molar refractivity (Wildman–Crippen MR) is 77.6 cm³/mol. The topological polar surface area (TPSA) is 98.5 Å². The fourth-order valence-corrected chi connectivity index (χ4v) is 1.56. The first-order chi connectivity index (χ1) is 9.74. The average molecular weight is 292 g/mol. The van der Waals surface area contributed by atoms with E-state index in [1.807, 2.05) is 17.4 Å². The second kappa shape index (κ2) is 6.99. The van der Waals surface area contributed by atoms with Crippen LogP contribution in [-0.2, 0) is 19.7 Å². The molecule has 114 valence electrons. The molecule has 0 saturated heterocycles. The fraction of sp³-hybridized carbons (Fsp3) is 0.400. The largest absolute Gasteiger partial charge is 0.452 e. The van der Waals surface area contributed by atoms with Crippen molar-refractivity contribution in [3.63, 3.8) is 0 Å². The predicted octanol–water partition coefficient (Wildman–Crippen LogP) is 0.742. The maximum Gasteiger partial charge on any atom is 0.338 e. The van der Waals surface area contributed by atoms with Crippen LogP contribution in [-0.4, -0.2) is 30.9 Å². The Morgan fingerprint density at radius 2 is 1.67 bits per heavy atom. The fourth-order valence-electron chi connectivity index (χ4n) is 1.56. The Morgan fingerprint density at radius 1 is 1.10 bits per heavy atom. The minimum absolute atomic E-state index is 0.00902. The number of carbonyl (C=O) groups is 3. The zero-order valence-corrected chi connectivity index (χ0v) is 12.4. The Morgan fingerprint density at radius 3 is 2.14 bits per heavy atom. The standard InChI is InChI=1S/C15H20N2O4/c1-15(2,3)11-6-4-10(5-7-11)14(20)21-9-13(19)17-12(18)8-16/h4-7H,8-9,16H2,1-3H3,(H,17,18,19). The number of amides is 2. The van der Waals surface area contributed by atoms with Gasteiger partial charge in [0, 0.05) is 0 Å². The van der Waals surface area contributed by atoms with E-state index in [1.54, 1.807) is 12.1 Å². The Balaban J connectivity index is 2.56. The molecule has 3 N–H and O–H groups in total. The monoisotopic (exact) mass is 292 g/mol. The highest BCUT2D eigenvalue weighted by atomic mass is 16.5. The van der Waals surface area contributed by atoms with Crippen molar-refractivity contribution in [2.45, 2.75) is 26.2 Å². The highest BCUT2D eigenvalue weighted by Gasteiger charge is 2.15. The molecule has 0 fully saturated rings. The van der Waals surface area contributed by atoms with Crippen molar-refractivity contribution < 1.29 is 19.1 Å². The molecule has 1 aromatic carbocycles. The second-order valence-electron chi connectivity index (χ2n) is 5.58. The van der Waals surface area contributed by atoms with Gasteiger partial charge in [0.15, 0.2) is 6.61 Å². The number of carbonyl (C=O) groups excluding carboxylic acids is 3. The Hall–Kier alpha value is -2.21. The van der Waals surface area contributed by atoms with Crippen molar-refractivity contribution in [3.05, 3.63) is 35.4 Å². The van der Waals surface area contributed by atoms with E-state index < -0.39 is 24.4 Å². The maximum atomic E-state index is 11.8. The lowest BCUT2D eigenvalue weighted by Gasteiger charge is -2.18. The number of ether oxygens (including phenoxy) is 1. The van der Waals surface area contributed by atoms with E-state index in [9.17, 15) is 14.4 Å². The van der Waals surface area contributed by atoms with Crippen LogP contribution >= 0.6 is 0 Å². The van der Waals surface area contributed by atoms with Gasteiger partial charge in [-0.2, -0.15) is 0 Å². The number of hydrogen-bond acceptors (Lipinski definition) is 5. The summed E-state index contributed by atoms with van der Waals surface area (Å²) in [6.45, 7) is 5.39. The first-order valence-electron chi connectivity index (χ1n) is 6.54. The van der Waals surface area contributed by atoms with Crippen LogP contribution < -0.4 is 11.1 Å². The van der Waals surface area contributed by atoms with Gasteiger partial charge < -0.3 is 10.5 Å². The molecule has 6 heteroatoms. The summed E-state index contributed by atoms with van der Waals surface area (Å²) in [7, 11) is 0. The third-order valence-electron chi connectivity index (χ3n) is 2.79. The van der Waals surface area contributed by atoms with Crippen LogP contribution in [0.1, 0.15) is 36.7 Å². The van der Waals surface area contributed by atoms with Gasteiger partial charge in [0.05, 0.1) is 12.1 Å². The number of rotatable bonds is 4. The third-order valence-corrected chi connectivity index (χ3v) is 2.79. The van der Waals surface area contributed by atoms with E-state index in [1.165, 1.54) is 0 Å². The van der Waals surface area contributed by atoms with Crippen molar-refractivity contribution in [2.75, 3.05) is 13.2 Å². The van der Waals surface area contributed by atoms with E-state index in [4.69, 9.17) is 10.5 Å². The van der Waals surface area contributed by atoms with Crippen LogP contribution in [0.4, 0.5) is 0 Å². The van der Waals surface area contributed by atoms with Gasteiger partial charge >= 0.3 is 5.97 Å². The minimum atomic E-state index is -0.704. The number of nitrogens with one attached hydrogen (secondary N) is 1. The molecule has 0 aliphatic rings. The number of imide groups is 1. The Kier molecular flexibility index (Phi) is 5.60. The number of esters is 1. The van der Waals surface area contributed by atoms with E-state index in [2.05, 4.69) is 20.8 Å². The molecule has 0 heterocycles. The van der Waals surface area contributed by atoms with Crippen molar-refractivity contribution in [2.24, 2.45) is 5.73 Å². The van der Waals surface area contributed by atoms with Crippen molar-refractivity contribution in [3.8, 4) is 0 Å². The Bertz CT molecular complexity index is 530. The summed E-state index contributed by atoms with van der Waals surface area (Å²) < 4.78 is 4.82. The van der Waals surface area contributed by atoms with Gasteiger partial charge in [-0.3, -0.25) is 14.9 Å². The second-order valence-corrected chi connectivity index (χ2v) is 5.58. The zero-order valence-electron chi connectivity index (χ0n) is 12.4. The smallest absolute Gasteiger partial charge is 0.338 e. The summed E-state index contributed by atoms with van der Waals surface area (Å²) >= 11 is 0. The normalized spacial score (nSPS) is 10.9. The summed E-state index contributed by atoms with van der Waals surface area (Å²) in [6.07, 6.45) is 0. The summed E-state index contributed by atoms with van der Waals surface area (Å²) in [5.74, 6) is -1.94. The molecule has 21 heavy (non-hydrogen) atoms. The number of nitrogens with two attached hydrogens (primary N) is 1. The summed E-state index contributed by atoms with van der Waals surface area (Å²) in [5.41, 5.74) is 6.47. The first-order valence-corrected chi connectivity index (χ1v) is 6.54. The molecule has 0 bridgehead atoms. The summed E-state index contributed by atoms with van der Waals surface area (Å²) in [5, 5.41) is 1.99. The van der Waals surface area contributed by atoms with E-state index in [0.717, 1.165) is 5.56 Å². The molecule has 0 saturated carbocycles. The van der Waals surface area contributed by atoms with Gasteiger partial charge in [0.2, 0.25) is 5.91 Å². The molecule has 1 aromatic rings. The molecule has 0 spiro atoms. The SMILES string of the molecule is CC(C)(C)c1ccc(C(=O)OCC(=O)NC(=O)CN)cc1. The van der Waals surface area contributed by atoms with Crippen LogP contribution in [0.15, 0.2) is 24.3 Å². The first kappa shape index (κ1) is 16.8. The lowest BCUT2D eigenvalue weighted by Crippen LogP contribution is -2.38. The van der Waals surface area contributed by atoms with Crippen LogP contribution in [0, 0.1) is 0 Å². The van der Waals surface area contributed by atoms with Crippen molar-refractivity contribution >= 4 is 17.8 Å². The molecule has 1 rings (SSSR count). The van der Waals surface area contributed by atoms with Crippen molar-refractivity contribution in [1.29, 1.82) is 0 Å². The third kappa shape index (κ3) is 5.35. The molecule has 0 aliphatic carbocycles. The van der Waals surface area contributed by atoms with Gasteiger partial charge in [-0.05, 0) is 23.1 Å². The number of hydrogen-bond donors (Lipinski definition) is 2. The van der Waals surface area contributed by atoms with Crippen LogP contribution in [0.2, 0.25) is 0 Å². The summed E-state index contributed by atoms with van der Waals surface area (Å²) in [4.78, 5) is 33.9. The molecule has 0 radical (unpaired) electrons. The lowest BCUT2D eigenvalue weighted by atomic mass is 9.87. The van der Waals surface area contributed by atoms with Crippen LogP contribution in [0.5, 0.6) is 0 Å².